The molecule has 1 aromatic carbocycles. The summed E-state index contributed by atoms with van der Waals surface area (Å²) in [7, 11) is -3.78. The first-order valence-electron chi connectivity index (χ1n) is 6.97. The second-order valence-corrected chi connectivity index (χ2v) is 7.44. The lowest BCUT2D eigenvalue weighted by Gasteiger charge is -2.34. The van der Waals surface area contributed by atoms with Crippen LogP contribution in [0.2, 0.25) is 0 Å². The largest absolute Gasteiger partial charge is 0.396 e. The minimum absolute atomic E-state index is 0.0145. The van der Waals surface area contributed by atoms with E-state index in [-0.39, 0.29) is 10.6 Å². The van der Waals surface area contributed by atoms with Crippen molar-refractivity contribution in [3.63, 3.8) is 0 Å². The molecular weight excluding hydrogens is 274 g/mol. The summed E-state index contributed by atoms with van der Waals surface area (Å²) in [6.07, 6.45) is 3.42. The van der Waals surface area contributed by atoms with Crippen molar-refractivity contribution < 1.29 is 8.42 Å². The molecule has 0 aliphatic heterocycles. The third kappa shape index (κ3) is 3.24. The van der Waals surface area contributed by atoms with Gasteiger partial charge in [0, 0.05) is 6.04 Å². The number of benzene rings is 1. The fourth-order valence-electron chi connectivity index (χ4n) is 3.00. The SMILES string of the molecule is CC1CCC(Nc2cccc(S(N)(=O)=O)c2N)C(C)C1. The molecule has 0 aromatic heterocycles. The van der Waals surface area contributed by atoms with Crippen LogP contribution in [0, 0.1) is 11.8 Å². The smallest absolute Gasteiger partial charge is 0.240 e. The maximum Gasteiger partial charge on any atom is 0.240 e. The molecule has 5 N–H and O–H groups in total. The summed E-state index contributed by atoms with van der Waals surface area (Å²) in [5, 5.41) is 8.56. The Balaban J connectivity index is 2.22. The van der Waals surface area contributed by atoms with E-state index >= 15 is 0 Å². The molecule has 1 fully saturated rings. The van der Waals surface area contributed by atoms with E-state index in [0.29, 0.717) is 17.6 Å². The average Bonchev–Trinajstić information content (AvgIpc) is 2.33. The van der Waals surface area contributed by atoms with Gasteiger partial charge in [-0.25, -0.2) is 13.6 Å². The molecular formula is C14H23N3O2S. The monoisotopic (exact) mass is 297 g/mol. The van der Waals surface area contributed by atoms with Crippen LogP contribution in [0.1, 0.15) is 33.1 Å². The average molecular weight is 297 g/mol. The second-order valence-electron chi connectivity index (χ2n) is 5.91. The molecule has 0 radical (unpaired) electrons. The third-order valence-electron chi connectivity index (χ3n) is 4.15. The highest BCUT2D eigenvalue weighted by molar-refractivity contribution is 7.89. The minimum atomic E-state index is -3.78. The Morgan fingerprint density at radius 3 is 2.55 bits per heavy atom. The van der Waals surface area contributed by atoms with Crippen LogP contribution in [0.4, 0.5) is 11.4 Å². The van der Waals surface area contributed by atoms with Crippen LogP contribution in [-0.2, 0) is 10.0 Å². The summed E-state index contributed by atoms with van der Waals surface area (Å²) in [4.78, 5) is -0.0145. The van der Waals surface area contributed by atoms with Crippen molar-refractivity contribution in [2.75, 3.05) is 11.1 Å². The van der Waals surface area contributed by atoms with Crippen molar-refractivity contribution in [2.24, 2.45) is 17.0 Å². The molecule has 0 amide bonds. The molecule has 1 aromatic rings. The molecule has 0 heterocycles. The normalized spacial score (nSPS) is 27.2. The van der Waals surface area contributed by atoms with Gasteiger partial charge in [-0.3, -0.25) is 0 Å². The molecule has 3 unspecified atom stereocenters. The van der Waals surface area contributed by atoms with Crippen molar-refractivity contribution in [3.05, 3.63) is 18.2 Å². The predicted octanol–water partition coefficient (Wildman–Crippen LogP) is 2.15. The zero-order valence-corrected chi connectivity index (χ0v) is 12.8. The second kappa shape index (κ2) is 5.61. The molecule has 1 saturated carbocycles. The zero-order chi connectivity index (χ0) is 14.9. The first-order chi connectivity index (χ1) is 9.29. The topological polar surface area (TPSA) is 98.2 Å². The lowest BCUT2D eigenvalue weighted by molar-refractivity contribution is 0.276. The molecule has 1 aliphatic rings. The predicted molar refractivity (Wildman–Crippen MR) is 81.8 cm³/mol. The van der Waals surface area contributed by atoms with Crippen LogP contribution in [0.25, 0.3) is 0 Å². The van der Waals surface area contributed by atoms with Gasteiger partial charge in [-0.05, 0) is 43.2 Å². The van der Waals surface area contributed by atoms with Crippen LogP contribution < -0.4 is 16.2 Å². The molecule has 112 valence electrons. The number of hydrogen-bond acceptors (Lipinski definition) is 4. The van der Waals surface area contributed by atoms with E-state index in [4.69, 9.17) is 10.9 Å². The summed E-state index contributed by atoms with van der Waals surface area (Å²) < 4.78 is 23.0. The van der Waals surface area contributed by atoms with Crippen LogP contribution in [-0.4, -0.2) is 14.5 Å². The number of anilines is 2. The standard InChI is InChI=1S/C14H23N3O2S/c1-9-6-7-11(10(2)8-9)17-12-4-3-5-13(14(12)15)20(16,18)19/h3-5,9-11,17H,6-8,15H2,1-2H3,(H2,16,18,19). The van der Waals surface area contributed by atoms with E-state index in [1.54, 1.807) is 12.1 Å². The minimum Gasteiger partial charge on any atom is -0.396 e. The van der Waals surface area contributed by atoms with E-state index in [1.165, 1.54) is 18.9 Å². The Kier molecular flexibility index (Phi) is 4.25. The first-order valence-corrected chi connectivity index (χ1v) is 8.51. The Morgan fingerprint density at radius 2 is 1.95 bits per heavy atom. The molecule has 2 rings (SSSR count). The quantitative estimate of drug-likeness (QED) is 0.744. The van der Waals surface area contributed by atoms with Crippen LogP contribution in [0.5, 0.6) is 0 Å². The molecule has 20 heavy (non-hydrogen) atoms. The van der Waals surface area contributed by atoms with Gasteiger partial charge in [-0.15, -0.1) is 0 Å². The van der Waals surface area contributed by atoms with Crippen LogP contribution in [0.3, 0.4) is 0 Å². The summed E-state index contributed by atoms with van der Waals surface area (Å²) in [6, 6.07) is 5.22. The van der Waals surface area contributed by atoms with E-state index in [1.807, 2.05) is 0 Å². The molecule has 5 nitrogen and oxygen atoms in total. The van der Waals surface area contributed by atoms with Gasteiger partial charge in [0.05, 0.1) is 11.4 Å². The van der Waals surface area contributed by atoms with Crippen molar-refractivity contribution in [3.8, 4) is 0 Å². The number of rotatable bonds is 3. The lowest BCUT2D eigenvalue weighted by Crippen LogP contribution is -2.33. The molecule has 0 spiro atoms. The van der Waals surface area contributed by atoms with E-state index in [0.717, 1.165) is 12.3 Å². The summed E-state index contributed by atoms with van der Waals surface area (Å²) in [5.74, 6) is 1.28. The number of nitrogens with one attached hydrogen (secondary N) is 1. The van der Waals surface area contributed by atoms with Gasteiger partial charge in [-0.2, -0.15) is 0 Å². The fraction of sp³-hybridized carbons (Fsp3) is 0.571. The zero-order valence-electron chi connectivity index (χ0n) is 12.0. The number of para-hydroxylation sites is 1. The number of hydrogen-bond donors (Lipinski definition) is 3. The molecule has 1 aliphatic carbocycles. The summed E-state index contributed by atoms with van der Waals surface area (Å²) in [5.41, 5.74) is 6.80. The lowest BCUT2D eigenvalue weighted by atomic mass is 9.80. The van der Waals surface area contributed by atoms with Gasteiger partial charge in [0.15, 0.2) is 0 Å². The number of sulfonamides is 1. The summed E-state index contributed by atoms with van der Waals surface area (Å²) in [6.45, 7) is 4.48. The van der Waals surface area contributed by atoms with Gasteiger partial charge in [-0.1, -0.05) is 19.9 Å². The molecule has 6 heteroatoms. The maximum absolute atomic E-state index is 11.5. The number of nitrogens with two attached hydrogens (primary N) is 2. The van der Waals surface area contributed by atoms with Crippen molar-refractivity contribution in [2.45, 2.75) is 44.0 Å². The highest BCUT2D eigenvalue weighted by Crippen LogP contribution is 2.33. The van der Waals surface area contributed by atoms with Gasteiger partial charge in [0.25, 0.3) is 0 Å². The Morgan fingerprint density at radius 1 is 1.25 bits per heavy atom. The van der Waals surface area contributed by atoms with Crippen molar-refractivity contribution in [1.29, 1.82) is 0 Å². The van der Waals surface area contributed by atoms with Gasteiger partial charge in [0.1, 0.15) is 4.90 Å². The third-order valence-corrected chi connectivity index (χ3v) is 5.11. The molecule has 3 atom stereocenters. The van der Waals surface area contributed by atoms with Crippen molar-refractivity contribution in [1.82, 2.24) is 0 Å². The van der Waals surface area contributed by atoms with Gasteiger partial charge in [0.2, 0.25) is 10.0 Å². The highest BCUT2D eigenvalue weighted by atomic mass is 32.2. The van der Waals surface area contributed by atoms with E-state index in [9.17, 15) is 8.42 Å². The molecule has 0 saturated heterocycles. The van der Waals surface area contributed by atoms with Crippen LogP contribution >= 0.6 is 0 Å². The maximum atomic E-state index is 11.5. The summed E-state index contributed by atoms with van der Waals surface area (Å²) >= 11 is 0. The van der Waals surface area contributed by atoms with Gasteiger partial charge >= 0.3 is 0 Å². The Labute approximate surface area is 120 Å². The van der Waals surface area contributed by atoms with Crippen molar-refractivity contribution >= 4 is 21.4 Å². The highest BCUT2D eigenvalue weighted by Gasteiger charge is 2.26. The number of nitrogen functional groups attached to an aromatic ring is 1. The Bertz CT molecular complexity index is 586. The van der Waals surface area contributed by atoms with Crippen LogP contribution in [0.15, 0.2) is 23.1 Å². The van der Waals surface area contributed by atoms with Gasteiger partial charge < -0.3 is 11.1 Å². The molecule has 0 bridgehead atoms. The van der Waals surface area contributed by atoms with E-state index in [2.05, 4.69) is 19.2 Å². The van der Waals surface area contributed by atoms with E-state index < -0.39 is 10.0 Å². The first kappa shape index (κ1) is 15.1. The number of primary sulfonamides is 1. The fourth-order valence-corrected chi connectivity index (χ4v) is 3.68. The Hall–Kier alpha value is -1.27.